The van der Waals surface area contributed by atoms with Crippen molar-refractivity contribution in [3.63, 3.8) is 0 Å². The summed E-state index contributed by atoms with van der Waals surface area (Å²) in [6.45, 7) is 4.13. The third-order valence-corrected chi connectivity index (χ3v) is 3.07. The summed E-state index contributed by atoms with van der Waals surface area (Å²) in [4.78, 5) is 17.3. The van der Waals surface area contributed by atoms with E-state index >= 15 is 0 Å². The summed E-state index contributed by atoms with van der Waals surface area (Å²) >= 11 is 0. The van der Waals surface area contributed by atoms with Crippen LogP contribution in [0.1, 0.15) is 24.3 Å². The molecule has 2 rings (SSSR count). The Kier molecular flexibility index (Phi) is 3.19. The van der Waals surface area contributed by atoms with Crippen LogP contribution in [0.15, 0.2) is 30.3 Å². The van der Waals surface area contributed by atoms with Gasteiger partial charge in [0.1, 0.15) is 0 Å². The van der Waals surface area contributed by atoms with E-state index in [1.54, 1.807) is 6.07 Å². The number of carbonyl (C=O) groups is 1. The van der Waals surface area contributed by atoms with E-state index in [-0.39, 0.29) is 11.7 Å². The monoisotopic (exact) mass is 244 g/mol. The molecule has 0 amide bonds. The van der Waals surface area contributed by atoms with Gasteiger partial charge < -0.3 is 10.0 Å². The first-order valence-corrected chi connectivity index (χ1v) is 5.86. The quantitative estimate of drug-likeness (QED) is 0.902. The average Bonchev–Trinajstić information content (AvgIpc) is 2.36. The van der Waals surface area contributed by atoms with Crippen LogP contribution in [-0.2, 0) is 0 Å². The fraction of sp³-hybridized carbons (Fsp3) is 0.286. The highest BCUT2D eigenvalue weighted by Crippen LogP contribution is 2.27. The summed E-state index contributed by atoms with van der Waals surface area (Å²) in [5, 5.41) is 10.1. The third-order valence-electron chi connectivity index (χ3n) is 3.07. The predicted octanol–water partition coefficient (Wildman–Crippen LogP) is 2.78. The Bertz CT molecular complexity index is 593. The number of carboxylic acids is 1. The van der Waals surface area contributed by atoms with E-state index in [4.69, 9.17) is 5.11 Å². The molecule has 0 fully saturated rings. The molecular formula is C14H16N2O2. The molecule has 1 aromatic carbocycles. The second-order valence-corrected chi connectivity index (χ2v) is 4.55. The van der Waals surface area contributed by atoms with E-state index in [1.165, 1.54) is 0 Å². The van der Waals surface area contributed by atoms with E-state index in [0.29, 0.717) is 5.52 Å². The van der Waals surface area contributed by atoms with Crippen molar-refractivity contribution in [2.75, 3.05) is 11.9 Å². The van der Waals surface area contributed by atoms with Gasteiger partial charge in [0.05, 0.1) is 5.52 Å². The van der Waals surface area contributed by atoms with Crippen molar-refractivity contribution < 1.29 is 9.90 Å². The predicted molar refractivity (Wildman–Crippen MR) is 72.2 cm³/mol. The van der Waals surface area contributed by atoms with Gasteiger partial charge in [-0.25, -0.2) is 9.78 Å². The normalized spacial score (nSPS) is 10.9. The van der Waals surface area contributed by atoms with E-state index < -0.39 is 5.97 Å². The van der Waals surface area contributed by atoms with Gasteiger partial charge in [-0.05, 0) is 26.0 Å². The van der Waals surface area contributed by atoms with Gasteiger partial charge in [-0.3, -0.25) is 0 Å². The molecule has 94 valence electrons. The fourth-order valence-corrected chi connectivity index (χ4v) is 1.84. The Morgan fingerprint density at radius 3 is 2.61 bits per heavy atom. The van der Waals surface area contributed by atoms with Gasteiger partial charge in [0.2, 0.25) is 0 Å². The van der Waals surface area contributed by atoms with Gasteiger partial charge in [-0.15, -0.1) is 0 Å². The number of aromatic carboxylic acids is 1. The van der Waals surface area contributed by atoms with Gasteiger partial charge in [-0.1, -0.05) is 18.2 Å². The van der Waals surface area contributed by atoms with Crippen LogP contribution >= 0.6 is 0 Å². The van der Waals surface area contributed by atoms with E-state index in [9.17, 15) is 4.79 Å². The largest absolute Gasteiger partial charge is 0.477 e. The summed E-state index contributed by atoms with van der Waals surface area (Å²) in [5.41, 5.74) is 1.68. The first kappa shape index (κ1) is 12.4. The molecule has 0 bridgehead atoms. The lowest BCUT2D eigenvalue weighted by Gasteiger charge is -2.25. The lowest BCUT2D eigenvalue weighted by molar-refractivity contribution is 0.0691. The molecule has 0 aliphatic rings. The number of aromatic nitrogens is 1. The first-order valence-electron chi connectivity index (χ1n) is 5.86. The summed E-state index contributed by atoms with van der Waals surface area (Å²) in [6.07, 6.45) is 0. The Labute approximate surface area is 106 Å². The zero-order valence-electron chi connectivity index (χ0n) is 10.7. The van der Waals surface area contributed by atoms with Gasteiger partial charge in [0.15, 0.2) is 5.69 Å². The number of carboxylic acid groups (broad SMARTS) is 1. The number of fused-ring (bicyclic) bond motifs is 1. The SMILES string of the molecule is CC(C)N(C)c1cc(C(=O)O)nc2ccccc12. The molecule has 1 aromatic heterocycles. The van der Waals surface area contributed by atoms with Crippen molar-refractivity contribution in [3.05, 3.63) is 36.0 Å². The molecule has 0 radical (unpaired) electrons. The molecule has 0 aliphatic heterocycles. The zero-order valence-corrected chi connectivity index (χ0v) is 10.7. The van der Waals surface area contributed by atoms with E-state index in [1.807, 2.05) is 31.3 Å². The number of benzene rings is 1. The lowest BCUT2D eigenvalue weighted by Crippen LogP contribution is -2.26. The molecule has 0 saturated heterocycles. The standard InChI is InChI=1S/C14H16N2O2/c1-9(2)16(3)13-8-12(14(17)18)15-11-7-5-4-6-10(11)13/h4-9H,1-3H3,(H,17,18). The van der Waals surface area contributed by atoms with Gasteiger partial charge >= 0.3 is 5.97 Å². The van der Waals surface area contributed by atoms with Crippen LogP contribution < -0.4 is 4.90 Å². The fourth-order valence-electron chi connectivity index (χ4n) is 1.84. The van der Waals surface area contributed by atoms with Crippen LogP contribution in [0, 0.1) is 0 Å². The number of para-hydroxylation sites is 1. The summed E-state index contributed by atoms with van der Waals surface area (Å²) in [6, 6.07) is 9.51. The van der Waals surface area contributed by atoms with Crippen molar-refractivity contribution in [3.8, 4) is 0 Å². The molecule has 1 heterocycles. The van der Waals surface area contributed by atoms with E-state index in [0.717, 1.165) is 11.1 Å². The molecule has 0 spiro atoms. The van der Waals surface area contributed by atoms with Crippen LogP contribution in [0.25, 0.3) is 10.9 Å². The maximum Gasteiger partial charge on any atom is 0.354 e. The second-order valence-electron chi connectivity index (χ2n) is 4.55. The summed E-state index contributed by atoms with van der Waals surface area (Å²) in [7, 11) is 1.96. The smallest absolute Gasteiger partial charge is 0.354 e. The van der Waals surface area contributed by atoms with E-state index in [2.05, 4.69) is 23.7 Å². The van der Waals surface area contributed by atoms with Crippen molar-refractivity contribution in [1.82, 2.24) is 4.98 Å². The molecule has 4 nitrogen and oxygen atoms in total. The molecule has 0 unspecified atom stereocenters. The molecule has 18 heavy (non-hydrogen) atoms. The molecule has 0 saturated carbocycles. The number of hydrogen-bond acceptors (Lipinski definition) is 3. The molecule has 1 N–H and O–H groups in total. The molecule has 4 heteroatoms. The van der Waals surface area contributed by atoms with Gasteiger partial charge in [0.25, 0.3) is 0 Å². The molecule has 0 atom stereocenters. The molecule has 0 aliphatic carbocycles. The third kappa shape index (κ3) is 2.14. The lowest BCUT2D eigenvalue weighted by atomic mass is 10.1. The van der Waals surface area contributed by atoms with Crippen LogP contribution in [0.5, 0.6) is 0 Å². The van der Waals surface area contributed by atoms with Crippen LogP contribution in [0.4, 0.5) is 5.69 Å². The first-order chi connectivity index (χ1) is 8.50. The zero-order chi connectivity index (χ0) is 13.3. The summed E-state index contributed by atoms with van der Waals surface area (Å²) < 4.78 is 0. The Balaban J connectivity index is 2.72. The Hall–Kier alpha value is -2.10. The maximum absolute atomic E-state index is 11.1. The highest BCUT2D eigenvalue weighted by molar-refractivity contribution is 5.97. The number of pyridine rings is 1. The van der Waals surface area contributed by atoms with Gasteiger partial charge in [0, 0.05) is 24.2 Å². The van der Waals surface area contributed by atoms with Crippen molar-refractivity contribution in [1.29, 1.82) is 0 Å². The molecular weight excluding hydrogens is 228 g/mol. The minimum absolute atomic E-state index is 0.0798. The maximum atomic E-state index is 11.1. The minimum Gasteiger partial charge on any atom is -0.477 e. The van der Waals surface area contributed by atoms with Crippen LogP contribution in [0.3, 0.4) is 0 Å². The minimum atomic E-state index is -1.00. The number of nitrogens with zero attached hydrogens (tertiary/aromatic N) is 2. The van der Waals surface area contributed by atoms with Crippen LogP contribution in [-0.4, -0.2) is 29.1 Å². The van der Waals surface area contributed by atoms with Crippen LogP contribution in [0.2, 0.25) is 0 Å². The number of anilines is 1. The van der Waals surface area contributed by atoms with Crippen molar-refractivity contribution >= 4 is 22.6 Å². The topological polar surface area (TPSA) is 53.4 Å². The number of hydrogen-bond donors (Lipinski definition) is 1. The van der Waals surface area contributed by atoms with Crippen molar-refractivity contribution in [2.45, 2.75) is 19.9 Å². The highest BCUT2D eigenvalue weighted by atomic mass is 16.4. The summed E-state index contributed by atoms with van der Waals surface area (Å²) in [5.74, 6) is -1.00. The number of rotatable bonds is 3. The average molecular weight is 244 g/mol. The Morgan fingerprint density at radius 2 is 2.00 bits per heavy atom. The second kappa shape index (κ2) is 4.64. The van der Waals surface area contributed by atoms with Crippen molar-refractivity contribution in [2.24, 2.45) is 0 Å². The van der Waals surface area contributed by atoms with Gasteiger partial charge in [-0.2, -0.15) is 0 Å². The molecule has 2 aromatic rings. The highest BCUT2D eigenvalue weighted by Gasteiger charge is 2.14. The Morgan fingerprint density at radius 1 is 1.33 bits per heavy atom.